The molecule has 3 heterocycles. The summed E-state index contributed by atoms with van der Waals surface area (Å²) in [6.07, 6.45) is 3.65. The van der Waals surface area contributed by atoms with Gasteiger partial charge in [0, 0.05) is 75.7 Å². The number of carbonyl (C=O) groups excluding carboxylic acids is 10. The third-order valence-electron chi connectivity index (χ3n) is 6.28. The Morgan fingerprint density at radius 1 is 0.702 bits per heavy atom. The van der Waals surface area contributed by atoms with Crippen molar-refractivity contribution in [1.82, 2.24) is 20.0 Å². The number of nitrogens with zero attached hydrogens (tertiary/aromatic N) is 3. The van der Waals surface area contributed by atoms with Crippen LogP contribution in [0.4, 0.5) is 22.8 Å². The lowest BCUT2D eigenvalue weighted by Crippen LogP contribution is -2.42. The van der Waals surface area contributed by atoms with Crippen molar-refractivity contribution < 1.29 is 80.1 Å². The summed E-state index contributed by atoms with van der Waals surface area (Å²) in [5, 5.41) is 1.55. The largest absolute Gasteiger partial charge is 0.471 e. The maximum absolute atomic E-state index is 11.7. The van der Waals surface area contributed by atoms with Gasteiger partial charge in [-0.1, -0.05) is 13.3 Å². The fourth-order valence-corrected chi connectivity index (χ4v) is 3.75. The molecule has 0 bridgehead atoms. The predicted molar refractivity (Wildman–Crippen MR) is 192 cm³/mol. The molecule has 0 fully saturated rings. The second-order valence-corrected chi connectivity index (χ2v) is 12.0. The molecule has 0 aromatic carbocycles. The van der Waals surface area contributed by atoms with Crippen LogP contribution in [0.15, 0.2) is 36.5 Å². The molecule has 0 aromatic rings. The van der Waals surface area contributed by atoms with Gasteiger partial charge in [0.15, 0.2) is 0 Å². The van der Waals surface area contributed by atoms with Crippen LogP contribution in [-0.4, -0.2) is 133 Å². The monoisotopic (exact) mass is 821 g/mol. The molecule has 22 heteroatoms. The third-order valence-corrected chi connectivity index (χ3v) is 6.28. The minimum atomic E-state index is -4.96. The van der Waals surface area contributed by atoms with E-state index >= 15 is 0 Å². The Kier molecular flexibility index (Phi) is 25.8. The number of hydrogen-bond acceptors (Lipinski definition) is 14. The van der Waals surface area contributed by atoms with Crippen LogP contribution in [-0.2, 0) is 57.3 Å². The molecular formula is C35H50F3N5O14. The van der Waals surface area contributed by atoms with E-state index in [1.54, 1.807) is 5.32 Å². The lowest BCUT2D eigenvalue weighted by Gasteiger charge is -2.19. The number of amides is 9. The fourth-order valence-electron chi connectivity index (χ4n) is 3.75. The second-order valence-electron chi connectivity index (χ2n) is 12.0. The molecular weight excluding hydrogens is 771 g/mol. The minimum Gasteiger partial charge on any atom is -0.460 e. The zero-order valence-corrected chi connectivity index (χ0v) is 32.8. The van der Waals surface area contributed by atoms with Gasteiger partial charge in [-0.2, -0.15) is 18.1 Å². The number of alkyl halides is 3. The van der Waals surface area contributed by atoms with Crippen molar-refractivity contribution in [3.63, 3.8) is 0 Å². The maximum Gasteiger partial charge on any atom is 0.471 e. The SMILES string of the molecule is CC(C)(C)OC(=O)CCCCCN1C(=O)C=CC1=O.CCCOCC.COC(=O)N1C(=O)C=CC1=O.COC(N)=O.O=C1C=CC(=O)N1CCNC(=O)C(F)(F)F. The average Bonchev–Trinajstić information content (AvgIpc) is 3.76. The smallest absolute Gasteiger partial charge is 0.460 e. The zero-order chi connectivity index (χ0) is 44.4. The molecule has 3 rings (SSSR count). The lowest BCUT2D eigenvalue weighted by atomic mass is 10.1. The molecule has 0 aromatic heterocycles. The van der Waals surface area contributed by atoms with E-state index in [4.69, 9.17) is 9.47 Å². The molecule has 0 radical (unpaired) electrons. The van der Waals surface area contributed by atoms with Gasteiger partial charge in [-0.25, -0.2) is 9.59 Å². The number of unbranched alkanes of at least 4 members (excludes halogenated alkanes) is 2. The Morgan fingerprint density at radius 2 is 1.14 bits per heavy atom. The van der Waals surface area contributed by atoms with Crippen LogP contribution in [0.25, 0.3) is 0 Å². The van der Waals surface area contributed by atoms with E-state index in [0.29, 0.717) is 30.7 Å². The summed E-state index contributed by atoms with van der Waals surface area (Å²) in [5.74, 6) is -5.35. The summed E-state index contributed by atoms with van der Waals surface area (Å²) < 4.78 is 53.4. The zero-order valence-electron chi connectivity index (χ0n) is 32.8. The summed E-state index contributed by atoms with van der Waals surface area (Å²) >= 11 is 0. The molecule has 3 aliphatic rings. The van der Waals surface area contributed by atoms with Gasteiger partial charge in [0.05, 0.1) is 14.2 Å². The number of primary amides is 1. The number of rotatable bonds is 12. The van der Waals surface area contributed by atoms with Crippen molar-refractivity contribution in [3.05, 3.63) is 36.5 Å². The van der Waals surface area contributed by atoms with Gasteiger partial charge in [-0.05, 0) is 47.0 Å². The molecule has 19 nitrogen and oxygen atoms in total. The maximum atomic E-state index is 11.7. The van der Waals surface area contributed by atoms with E-state index in [0.717, 1.165) is 62.4 Å². The molecule has 3 aliphatic heterocycles. The Hall–Kier alpha value is -5.93. The third kappa shape index (κ3) is 24.3. The van der Waals surface area contributed by atoms with Crippen molar-refractivity contribution in [1.29, 1.82) is 0 Å². The summed E-state index contributed by atoms with van der Waals surface area (Å²) in [7, 11) is 2.32. The fraction of sp³-hybridized carbons (Fsp3) is 0.543. The van der Waals surface area contributed by atoms with Gasteiger partial charge in [0.2, 0.25) is 0 Å². The van der Waals surface area contributed by atoms with Crippen molar-refractivity contribution in [2.45, 2.75) is 78.5 Å². The van der Waals surface area contributed by atoms with Gasteiger partial charge in [-0.15, -0.1) is 0 Å². The minimum absolute atomic E-state index is 0.206. The predicted octanol–water partition coefficient (Wildman–Crippen LogP) is 2.23. The Morgan fingerprint density at radius 3 is 1.49 bits per heavy atom. The highest BCUT2D eigenvalue weighted by atomic mass is 19.4. The molecule has 0 aliphatic carbocycles. The van der Waals surface area contributed by atoms with Crippen molar-refractivity contribution in [3.8, 4) is 0 Å². The quantitative estimate of drug-likeness (QED) is 0.124. The van der Waals surface area contributed by atoms with Crippen molar-refractivity contribution in [2.24, 2.45) is 5.73 Å². The molecule has 3 N–H and O–H groups in total. The molecule has 0 atom stereocenters. The van der Waals surface area contributed by atoms with Crippen LogP contribution >= 0.6 is 0 Å². The van der Waals surface area contributed by atoms with E-state index in [2.05, 4.69) is 22.1 Å². The Balaban J connectivity index is 0. The first-order chi connectivity index (χ1) is 26.5. The van der Waals surface area contributed by atoms with Crippen LogP contribution in [0.2, 0.25) is 0 Å². The number of methoxy groups -OCH3 is 2. The standard InChI is InChI=1S/C14H21NO4.C8H7F3N2O3.C6H5NO4.C5H12O.C2H5NO2/c1-14(2,3)19-13(18)7-5-4-6-10-15-11(16)8-9-12(15)17;9-8(10,11)7(16)12-3-4-13-5(14)1-2-6(13)15;1-11-6(10)7-4(8)2-3-5(7)9;1-3-5-6-4-2;1-5-2(3)4/h8-9H,4-7,10H2,1-3H3;1-2H,3-4H2,(H,12,16);2-3H,1H3;3-5H2,1-2H3;1H3,(H2,3,4). The number of esters is 1. The molecule has 0 saturated heterocycles. The van der Waals surface area contributed by atoms with Gasteiger partial charge >= 0.3 is 30.2 Å². The van der Waals surface area contributed by atoms with Gasteiger partial charge in [-0.3, -0.25) is 48.2 Å². The number of halogens is 3. The molecule has 9 amide bonds. The summed E-state index contributed by atoms with van der Waals surface area (Å²) in [6.45, 7) is 11.1. The second kappa shape index (κ2) is 27.6. The molecule has 0 spiro atoms. The number of imide groups is 5. The Labute approximate surface area is 327 Å². The lowest BCUT2D eigenvalue weighted by molar-refractivity contribution is -0.173. The van der Waals surface area contributed by atoms with Gasteiger partial charge < -0.3 is 30.0 Å². The number of hydrogen-bond donors (Lipinski definition) is 2. The molecule has 320 valence electrons. The number of nitrogens with one attached hydrogen (secondary N) is 1. The van der Waals surface area contributed by atoms with E-state index < -0.39 is 60.0 Å². The average molecular weight is 822 g/mol. The highest BCUT2D eigenvalue weighted by molar-refractivity contribution is 6.21. The molecule has 0 unspecified atom stereocenters. The molecule has 57 heavy (non-hydrogen) atoms. The highest BCUT2D eigenvalue weighted by Crippen LogP contribution is 2.14. The van der Waals surface area contributed by atoms with E-state index in [-0.39, 0.29) is 24.3 Å². The van der Waals surface area contributed by atoms with Crippen molar-refractivity contribution in [2.75, 3.05) is 47.1 Å². The summed E-state index contributed by atoms with van der Waals surface area (Å²) in [4.78, 5) is 110. The Bertz CT molecular complexity index is 1460. The van der Waals surface area contributed by atoms with Crippen LogP contribution in [0, 0.1) is 0 Å². The summed E-state index contributed by atoms with van der Waals surface area (Å²) in [6, 6.07) is 0. The normalized spacial score (nSPS) is 14.1. The first-order valence-corrected chi connectivity index (χ1v) is 17.2. The first-order valence-electron chi connectivity index (χ1n) is 17.2. The first kappa shape index (κ1) is 53.2. The van der Waals surface area contributed by atoms with E-state index in [1.807, 2.05) is 27.7 Å². The van der Waals surface area contributed by atoms with Gasteiger partial charge in [0.25, 0.3) is 35.4 Å². The van der Waals surface area contributed by atoms with E-state index in [9.17, 15) is 61.1 Å². The number of ether oxygens (including phenoxy) is 4. The summed E-state index contributed by atoms with van der Waals surface area (Å²) in [5.41, 5.74) is 3.98. The van der Waals surface area contributed by atoms with E-state index in [1.165, 1.54) is 24.2 Å². The van der Waals surface area contributed by atoms with Crippen LogP contribution < -0.4 is 11.1 Å². The van der Waals surface area contributed by atoms with Crippen LogP contribution in [0.1, 0.15) is 66.7 Å². The number of carbonyl (C=O) groups is 10. The highest BCUT2D eigenvalue weighted by Gasteiger charge is 2.38. The van der Waals surface area contributed by atoms with Gasteiger partial charge in [0.1, 0.15) is 5.60 Å². The van der Waals surface area contributed by atoms with Crippen molar-refractivity contribution >= 4 is 59.5 Å². The van der Waals surface area contributed by atoms with Crippen LogP contribution in [0.5, 0.6) is 0 Å². The topological polar surface area (TPSA) is 255 Å². The number of nitrogens with two attached hydrogens (primary N) is 1. The molecule has 0 saturated carbocycles. The van der Waals surface area contributed by atoms with Crippen LogP contribution in [0.3, 0.4) is 0 Å².